The van der Waals surface area contributed by atoms with Crippen LogP contribution in [0.3, 0.4) is 0 Å². The molecule has 9 heavy (non-hydrogen) atoms. The zero-order valence-electron chi connectivity index (χ0n) is 4.89. The van der Waals surface area contributed by atoms with E-state index in [-0.39, 0.29) is 0 Å². The molecule has 0 saturated carbocycles. The third kappa shape index (κ3) is 6.37. The van der Waals surface area contributed by atoms with Crippen LogP contribution in [0.25, 0.3) is 0 Å². The average molecular weight is 172 g/mol. The van der Waals surface area contributed by atoms with Crippen molar-refractivity contribution in [2.45, 2.75) is 19.6 Å². The minimum atomic E-state index is -3.66. The molecule has 6 heteroatoms. The molecule has 0 heterocycles. The molecule has 0 aliphatic heterocycles. The summed E-state index contributed by atoms with van der Waals surface area (Å²) in [5.41, 5.74) is 0. The molecule has 0 aromatic heterocycles. The van der Waals surface area contributed by atoms with Gasteiger partial charge in [-0.3, -0.25) is 4.52 Å². The Morgan fingerprint density at radius 2 is 2.11 bits per heavy atom. The highest BCUT2D eigenvalue weighted by molar-refractivity contribution is 8.06. The van der Waals surface area contributed by atoms with E-state index < -0.39 is 13.0 Å². The maximum absolute atomic E-state index is 8.61. The van der Waals surface area contributed by atoms with E-state index in [4.69, 9.17) is 14.9 Å². The van der Waals surface area contributed by atoms with Crippen molar-refractivity contribution >= 4 is 18.5 Å². The minimum Gasteiger partial charge on any atom is -0.368 e. The fourth-order valence-electron chi connectivity index (χ4n) is 0.233. The van der Waals surface area contributed by atoms with Crippen LogP contribution >= 0.6 is 6.72 Å². The summed E-state index contributed by atoms with van der Waals surface area (Å²) in [7, 11) is 0. The predicted octanol–water partition coefficient (Wildman–Crippen LogP) is -0.0595. The highest BCUT2D eigenvalue weighted by atomic mass is 32.5. The normalized spacial score (nSPS) is 15.6. The van der Waals surface area contributed by atoms with Crippen LogP contribution in [0.4, 0.5) is 0 Å². The molecule has 3 N–H and O–H groups in total. The standard InChI is InChI=1S/C3H9O4PS/c1-2-3(4)7-8(5,6)9/h3-4H,2H2,1H3,(H2,5,6,9). The Hall–Kier alpha value is 0.490. The van der Waals surface area contributed by atoms with Crippen molar-refractivity contribution < 1.29 is 19.4 Å². The Bertz CT molecular complexity index is 121. The van der Waals surface area contributed by atoms with Crippen LogP contribution < -0.4 is 0 Å². The van der Waals surface area contributed by atoms with Gasteiger partial charge in [-0.25, -0.2) is 0 Å². The topological polar surface area (TPSA) is 69.9 Å². The maximum atomic E-state index is 8.61. The highest BCUT2D eigenvalue weighted by Gasteiger charge is 2.12. The Labute approximate surface area is 58.3 Å². The smallest absolute Gasteiger partial charge is 0.324 e. The summed E-state index contributed by atoms with van der Waals surface area (Å²) in [5.74, 6) is 0. The van der Waals surface area contributed by atoms with Gasteiger partial charge in [0.2, 0.25) is 0 Å². The van der Waals surface area contributed by atoms with Gasteiger partial charge in [0.15, 0.2) is 6.29 Å². The first kappa shape index (κ1) is 9.49. The van der Waals surface area contributed by atoms with Gasteiger partial charge >= 0.3 is 6.72 Å². The van der Waals surface area contributed by atoms with E-state index in [9.17, 15) is 0 Å². The van der Waals surface area contributed by atoms with Crippen molar-refractivity contribution in [3.63, 3.8) is 0 Å². The monoisotopic (exact) mass is 172 g/mol. The summed E-state index contributed by atoms with van der Waals surface area (Å²) in [6.07, 6.45) is -0.870. The van der Waals surface area contributed by atoms with Crippen molar-refractivity contribution in [3.8, 4) is 0 Å². The number of aliphatic hydroxyl groups is 1. The summed E-state index contributed by atoms with van der Waals surface area (Å²) >= 11 is 4.07. The summed E-state index contributed by atoms with van der Waals surface area (Å²) in [6.45, 7) is -2.02. The first-order chi connectivity index (χ1) is 3.95. The summed E-state index contributed by atoms with van der Waals surface area (Å²) in [4.78, 5) is 16.8. The second-order valence-corrected chi connectivity index (χ2v) is 4.08. The minimum absolute atomic E-state index is 0.291. The molecule has 4 nitrogen and oxygen atoms in total. The fourth-order valence-corrected chi connectivity index (χ4v) is 0.997. The highest BCUT2D eigenvalue weighted by Crippen LogP contribution is 2.37. The number of hydrogen-bond acceptors (Lipinski definition) is 3. The van der Waals surface area contributed by atoms with Crippen molar-refractivity contribution in [2.75, 3.05) is 0 Å². The lowest BCUT2D eigenvalue weighted by atomic mass is 10.5. The van der Waals surface area contributed by atoms with Crippen molar-refractivity contribution in [1.82, 2.24) is 0 Å². The zero-order chi connectivity index (χ0) is 7.49. The van der Waals surface area contributed by atoms with Crippen LogP contribution in [0.2, 0.25) is 0 Å². The van der Waals surface area contributed by atoms with Crippen LogP contribution in [0.15, 0.2) is 0 Å². The third-order valence-electron chi connectivity index (χ3n) is 0.608. The van der Waals surface area contributed by atoms with Crippen LogP contribution in [-0.4, -0.2) is 21.2 Å². The molecule has 0 aromatic carbocycles. The van der Waals surface area contributed by atoms with E-state index in [0.29, 0.717) is 6.42 Å². The van der Waals surface area contributed by atoms with Gasteiger partial charge in [0.25, 0.3) is 0 Å². The molecule has 0 rings (SSSR count). The number of rotatable bonds is 3. The SMILES string of the molecule is CCC(O)OP(O)(O)=S. The lowest BCUT2D eigenvalue weighted by molar-refractivity contribution is -0.0274. The molecule has 56 valence electrons. The number of hydrogen-bond donors (Lipinski definition) is 3. The average Bonchev–Trinajstić information content (AvgIpc) is 1.62. The van der Waals surface area contributed by atoms with Crippen LogP contribution in [0.1, 0.15) is 13.3 Å². The van der Waals surface area contributed by atoms with Gasteiger partial charge in [0.1, 0.15) is 0 Å². The van der Waals surface area contributed by atoms with E-state index in [0.717, 1.165) is 0 Å². The first-order valence-electron chi connectivity index (χ1n) is 2.37. The second-order valence-electron chi connectivity index (χ2n) is 1.46. The molecule has 1 atom stereocenters. The lowest BCUT2D eigenvalue weighted by Gasteiger charge is -2.11. The Morgan fingerprint density at radius 1 is 1.67 bits per heavy atom. The molecular weight excluding hydrogens is 163 g/mol. The van der Waals surface area contributed by atoms with E-state index in [1.54, 1.807) is 6.92 Å². The van der Waals surface area contributed by atoms with Gasteiger partial charge in [-0.05, 0) is 18.2 Å². The number of aliphatic hydroxyl groups excluding tert-OH is 1. The van der Waals surface area contributed by atoms with E-state index in [2.05, 4.69) is 16.3 Å². The quantitative estimate of drug-likeness (QED) is 0.411. The summed E-state index contributed by atoms with van der Waals surface area (Å²) in [6, 6.07) is 0. The molecule has 0 aliphatic rings. The Morgan fingerprint density at radius 3 is 2.22 bits per heavy atom. The van der Waals surface area contributed by atoms with E-state index >= 15 is 0 Å². The van der Waals surface area contributed by atoms with Crippen molar-refractivity contribution in [1.29, 1.82) is 0 Å². The second kappa shape index (κ2) is 3.61. The zero-order valence-corrected chi connectivity index (χ0v) is 6.60. The first-order valence-corrected chi connectivity index (χ1v) is 5.00. The molecule has 0 aliphatic carbocycles. The van der Waals surface area contributed by atoms with Crippen LogP contribution in [-0.2, 0) is 16.3 Å². The van der Waals surface area contributed by atoms with Crippen molar-refractivity contribution in [3.05, 3.63) is 0 Å². The van der Waals surface area contributed by atoms with Crippen molar-refractivity contribution in [2.24, 2.45) is 0 Å². The van der Waals surface area contributed by atoms with Gasteiger partial charge in [-0.1, -0.05) is 6.92 Å². The van der Waals surface area contributed by atoms with E-state index in [1.807, 2.05) is 0 Å². The van der Waals surface area contributed by atoms with Gasteiger partial charge in [-0.2, -0.15) is 0 Å². The van der Waals surface area contributed by atoms with Gasteiger partial charge in [-0.15, -0.1) is 0 Å². The molecule has 0 radical (unpaired) electrons. The Balaban J connectivity index is 3.60. The molecular formula is C3H9O4PS. The largest absolute Gasteiger partial charge is 0.368 e. The third-order valence-corrected chi connectivity index (χ3v) is 1.38. The molecule has 0 spiro atoms. The van der Waals surface area contributed by atoms with Crippen LogP contribution in [0, 0.1) is 0 Å². The molecule has 0 bridgehead atoms. The Kier molecular flexibility index (Phi) is 3.80. The molecule has 0 amide bonds. The van der Waals surface area contributed by atoms with Gasteiger partial charge in [0.05, 0.1) is 0 Å². The van der Waals surface area contributed by atoms with Gasteiger partial charge in [0, 0.05) is 0 Å². The predicted molar refractivity (Wildman–Crippen MR) is 36.1 cm³/mol. The molecule has 1 unspecified atom stereocenters. The lowest BCUT2D eigenvalue weighted by Crippen LogP contribution is -2.07. The van der Waals surface area contributed by atoms with Gasteiger partial charge < -0.3 is 14.9 Å². The molecule has 0 aromatic rings. The summed E-state index contributed by atoms with van der Waals surface area (Å²) in [5, 5.41) is 8.61. The summed E-state index contributed by atoms with van der Waals surface area (Å²) < 4.78 is 4.18. The van der Waals surface area contributed by atoms with E-state index in [1.165, 1.54) is 0 Å². The maximum Gasteiger partial charge on any atom is 0.324 e. The molecule has 0 fully saturated rings. The van der Waals surface area contributed by atoms with Crippen LogP contribution in [0.5, 0.6) is 0 Å². The fraction of sp³-hybridized carbons (Fsp3) is 1.00. The molecule has 0 saturated heterocycles.